The molecule has 0 aromatic heterocycles. The fourth-order valence-electron chi connectivity index (χ4n) is 2.06. The Morgan fingerprint density at radius 2 is 2.24 bits per heavy atom. The minimum Gasteiger partial charge on any atom is -0.384 e. The summed E-state index contributed by atoms with van der Waals surface area (Å²) in [4.78, 5) is 10.8. The molecule has 4 nitrogen and oxygen atoms in total. The first-order chi connectivity index (χ1) is 8.40. The second kappa shape index (κ2) is 6.37. The van der Waals surface area contributed by atoms with Crippen molar-refractivity contribution in [2.45, 2.75) is 12.5 Å². The summed E-state index contributed by atoms with van der Waals surface area (Å²) in [7, 11) is 0. The first-order valence-corrected chi connectivity index (χ1v) is 6.12. The van der Waals surface area contributed by atoms with Crippen LogP contribution >= 0.6 is 0 Å². The van der Waals surface area contributed by atoms with Crippen molar-refractivity contribution in [3.05, 3.63) is 29.8 Å². The molecule has 4 heteroatoms. The third-order valence-electron chi connectivity index (χ3n) is 3.02. The van der Waals surface area contributed by atoms with Crippen molar-refractivity contribution in [2.75, 3.05) is 31.5 Å². The molecule has 1 heterocycles. The Bertz CT molecular complexity index is 361. The van der Waals surface area contributed by atoms with E-state index in [1.54, 1.807) is 0 Å². The van der Waals surface area contributed by atoms with Gasteiger partial charge in [-0.15, -0.1) is 0 Å². The monoisotopic (exact) mass is 233 g/mol. The molecule has 0 amide bonds. The third kappa shape index (κ3) is 3.54. The van der Waals surface area contributed by atoms with Crippen molar-refractivity contribution in [1.82, 2.24) is 10.6 Å². The van der Waals surface area contributed by atoms with Crippen molar-refractivity contribution in [2.24, 2.45) is 0 Å². The fraction of sp³-hybridized carbons (Fsp3) is 0.462. The first kappa shape index (κ1) is 12.1. The second-order valence-corrected chi connectivity index (χ2v) is 4.28. The number of nitrogens with one attached hydrogen (secondary N) is 3. The van der Waals surface area contributed by atoms with Crippen molar-refractivity contribution in [3.63, 3.8) is 0 Å². The number of para-hydroxylation sites is 1. The highest BCUT2D eigenvalue weighted by Crippen LogP contribution is 2.12. The summed E-state index contributed by atoms with van der Waals surface area (Å²) in [6.07, 6.45) is 1.95. The summed E-state index contributed by atoms with van der Waals surface area (Å²) in [5.74, 6) is 0. The standard InChI is InChI=1S/C13H19N3O/c17-10-11-3-1-2-4-13(11)16-6-5-12-9-14-7-8-15-12/h1-4,10,12,14-16H,5-9H2. The summed E-state index contributed by atoms with van der Waals surface area (Å²) in [5, 5.41) is 10.1. The molecule has 3 N–H and O–H groups in total. The Labute approximate surface area is 102 Å². The Morgan fingerprint density at radius 1 is 1.35 bits per heavy atom. The zero-order valence-corrected chi connectivity index (χ0v) is 9.91. The van der Waals surface area contributed by atoms with Crippen LogP contribution < -0.4 is 16.0 Å². The van der Waals surface area contributed by atoms with Gasteiger partial charge in [-0.05, 0) is 18.6 Å². The highest BCUT2D eigenvalue weighted by Gasteiger charge is 2.11. The molecule has 0 bridgehead atoms. The number of rotatable bonds is 5. The molecule has 0 aliphatic carbocycles. The van der Waals surface area contributed by atoms with Crippen molar-refractivity contribution < 1.29 is 4.79 Å². The van der Waals surface area contributed by atoms with Crippen LogP contribution in [0.25, 0.3) is 0 Å². The van der Waals surface area contributed by atoms with E-state index in [2.05, 4.69) is 16.0 Å². The zero-order valence-electron chi connectivity index (χ0n) is 9.91. The number of benzene rings is 1. The number of aldehydes is 1. The summed E-state index contributed by atoms with van der Waals surface area (Å²) < 4.78 is 0. The van der Waals surface area contributed by atoms with Gasteiger partial charge in [0.2, 0.25) is 0 Å². The number of piperazine rings is 1. The Hall–Kier alpha value is -1.39. The highest BCUT2D eigenvalue weighted by atomic mass is 16.1. The number of hydrogen-bond donors (Lipinski definition) is 3. The maximum absolute atomic E-state index is 10.8. The quantitative estimate of drug-likeness (QED) is 0.660. The third-order valence-corrected chi connectivity index (χ3v) is 3.02. The molecular weight excluding hydrogens is 214 g/mol. The first-order valence-electron chi connectivity index (χ1n) is 6.12. The molecule has 92 valence electrons. The molecule has 2 rings (SSSR count). The maximum atomic E-state index is 10.8. The molecule has 1 atom stereocenters. The topological polar surface area (TPSA) is 53.2 Å². The second-order valence-electron chi connectivity index (χ2n) is 4.28. The lowest BCUT2D eigenvalue weighted by Crippen LogP contribution is -2.48. The van der Waals surface area contributed by atoms with Crippen molar-refractivity contribution in [1.29, 1.82) is 0 Å². The van der Waals surface area contributed by atoms with E-state index >= 15 is 0 Å². The van der Waals surface area contributed by atoms with Gasteiger partial charge in [-0.1, -0.05) is 12.1 Å². The predicted molar refractivity (Wildman–Crippen MR) is 69.6 cm³/mol. The van der Waals surface area contributed by atoms with Gasteiger partial charge in [-0.25, -0.2) is 0 Å². The van der Waals surface area contributed by atoms with Gasteiger partial charge < -0.3 is 16.0 Å². The van der Waals surface area contributed by atoms with Gasteiger partial charge in [-0.2, -0.15) is 0 Å². The Morgan fingerprint density at radius 3 is 3.00 bits per heavy atom. The van der Waals surface area contributed by atoms with Crippen LogP contribution in [0.15, 0.2) is 24.3 Å². The lowest BCUT2D eigenvalue weighted by atomic mass is 10.1. The number of carbonyl (C=O) groups is 1. The van der Waals surface area contributed by atoms with E-state index in [0.29, 0.717) is 6.04 Å². The minimum atomic E-state index is 0.527. The van der Waals surface area contributed by atoms with E-state index in [0.717, 1.165) is 50.1 Å². The number of hydrogen-bond acceptors (Lipinski definition) is 4. The van der Waals surface area contributed by atoms with Gasteiger partial charge in [0.25, 0.3) is 0 Å². The van der Waals surface area contributed by atoms with E-state index in [1.807, 2.05) is 24.3 Å². The van der Waals surface area contributed by atoms with Crippen LogP contribution in [0.3, 0.4) is 0 Å². The molecule has 0 saturated carbocycles. The molecule has 1 aliphatic heterocycles. The van der Waals surface area contributed by atoms with Crippen molar-refractivity contribution in [3.8, 4) is 0 Å². The van der Waals surface area contributed by atoms with Gasteiger partial charge in [0, 0.05) is 43.5 Å². The van der Waals surface area contributed by atoms with E-state index in [1.165, 1.54) is 0 Å². The molecule has 17 heavy (non-hydrogen) atoms. The lowest BCUT2D eigenvalue weighted by molar-refractivity contribution is 0.112. The van der Waals surface area contributed by atoms with Crippen LogP contribution in [0.4, 0.5) is 5.69 Å². The van der Waals surface area contributed by atoms with E-state index in [4.69, 9.17) is 0 Å². The SMILES string of the molecule is O=Cc1ccccc1NCCC1CNCCN1. The van der Waals surface area contributed by atoms with Crippen LogP contribution in [-0.4, -0.2) is 38.5 Å². The van der Waals surface area contributed by atoms with Crippen molar-refractivity contribution >= 4 is 12.0 Å². The molecule has 1 aromatic carbocycles. The van der Waals surface area contributed by atoms with E-state index < -0.39 is 0 Å². The molecule has 0 radical (unpaired) electrons. The molecule has 1 fully saturated rings. The summed E-state index contributed by atoms with van der Waals surface area (Å²) >= 11 is 0. The van der Waals surface area contributed by atoms with Gasteiger partial charge in [0.1, 0.15) is 0 Å². The molecule has 1 saturated heterocycles. The molecule has 1 aliphatic rings. The molecular formula is C13H19N3O. The van der Waals surface area contributed by atoms with Crippen LogP contribution in [0.1, 0.15) is 16.8 Å². The highest BCUT2D eigenvalue weighted by molar-refractivity contribution is 5.83. The molecule has 0 spiro atoms. The predicted octanol–water partition coefficient (Wildman–Crippen LogP) is 0.862. The molecule has 1 unspecified atom stereocenters. The average molecular weight is 233 g/mol. The summed E-state index contributed by atoms with van der Waals surface area (Å²) in [6, 6.07) is 8.11. The van der Waals surface area contributed by atoms with E-state index in [9.17, 15) is 4.79 Å². The molecule has 1 aromatic rings. The van der Waals surface area contributed by atoms with Crippen LogP contribution in [0, 0.1) is 0 Å². The lowest BCUT2D eigenvalue weighted by Gasteiger charge is -2.24. The van der Waals surface area contributed by atoms with Crippen LogP contribution in [0.2, 0.25) is 0 Å². The van der Waals surface area contributed by atoms with Gasteiger partial charge in [0.05, 0.1) is 0 Å². The minimum absolute atomic E-state index is 0.527. The fourth-order valence-corrected chi connectivity index (χ4v) is 2.06. The van der Waals surface area contributed by atoms with Gasteiger partial charge >= 0.3 is 0 Å². The largest absolute Gasteiger partial charge is 0.384 e. The van der Waals surface area contributed by atoms with Crippen LogP contribution in [-0.2, 0) is 0 Å². The number of carbonyl (C=O) groups excluding carboxylic acids is 1. The number of anilines is 1. The Kier molecular flexibility index (Phi) is 4.53. The van der Waals surface area contributed by atoms with E-state index in [-0.39, 0.29) is 0 Å². The normalized spacial score (nSPS) is 19.9. The summed E-state index contributed by atoms with van der Waals surface area (Å²) in [5.41, 5.74) is 1.65. The van der Waals surface area contributed by atoms with Crippen LogP contribution in [0.5, 0.6) is 0 Å². The maximum Gasteiger partial charge on any atom is 0.152 e. The smallest absolute Gasteiger partial charge is 0.152 e. The van der Waals surface area contributed by atoms with Gasteiger partial charge in [-0.3, -0.25) is 4.79 Å². The van der Waals surface area contributed by atoms with Gasteiger partial charge in [0.15, 0.2) is 6.29 Å². The zero-order chi connectivity index (χ0) is 11.9. The summed E-state index contributed by atoms with van der Waals surface area (Å²) in [6.45, 7) is 3.99. The Balaban J connectivity index is 1.79. The average Bonchev–Trinajstić information content (AvgIpc) is 2.40.